The number of aromatic nitrogens is 2. The lowest BCUT2D eigenvalue weighted by atomic mass is 10.1. The highest BCUT2D eigenvalue weighted by atomic mass is 32.2. The fourth-order valence-corrected chi connectivity index (χ4v) is 4.43. The summed E-state index contributed by atoms with van der Waals surface area (Å²) >= 11 is 3.24. The second-order valence-corrected chi connectivity index (χ2v) is 8.92. The third-order valence-corrected chi connectivity index (χ3v) is 5.73. The predicted molar refractivity (Wildman–Crippen MR) is 104 cm³/mol. The van der Waals surface area contributed by atoms with Gasteiger partial charge in [0.15, 0.2) is 0 Å². The molecule has 0 saturated carbocycles. The van der Waals surface area contributed by atoms with Crippen LogP contribution >= 0.6 is 23.1 Å². The second kappa shape index (κ2) is 8.81. The lowest BCUT2D eigenvalue weighted by Gasteiger charge is -2.26. The van der Waals surface area contributed by atoms with Crippen LogP contribution in [0.1, 0.15) is 39.5 Å². The van der Waals surface area contributed by atoms with E-state index in [0.717, 1.165) is 34.8 Å². The van der Waals surface area contributed by atoms with Crippen molar-refractivity contribution in [2.45, 2.75) is 46.1 Å². The van der Waals surface area contributed by atoms with Gasteiger partial charge in [-0.3, -0.25) is 4.79 Å². The van der Waals surface area contributed by atoms with Gasteiger partial charge in [0.2, 0.25) is 5.91 Å². The lowest BCUT2D eigenvalue weighted by Crippen LogP contribution is -2.38. The van der Waals surface area contributed by atoms with Gasteiger partial charge >= 0.3 is 0 Å². The summed E-state index contributed by atoms with van der Waals surface area (Å²) in [6.45, 7) is 12.4. The third-order valence-electron chi connectivity index (χ3n) is 3.55. The van der Waals surface area contributed by atoms with E-state index in [-0.39, 0.29) is 5.91 Å². The number of carbonyl (C=O) groups is 1. The van der Waals surface area contributed by atoms with Gasteiger partial charge in [-0.1, -0.05) is 46.4 Å². The molecule has 0 saturated heterocycles. The minimum Gasteiger partial charge on any atom is -0.341 e. The van der Waals surface area contributed by atoms with Crippen molar-refractivity contribution in [1.29, 1.82) is 0 Å². The summed E-state index contributed by atoms with van der Waals surface area (Å²) in [5.74, 6) is 1.59. The molecule has 0 spiro atoms. The highest BCUT2D eigenvalue weighted by Crippen LogP contribution is 2.31. The molecule has 4 nitrogen and oxygen atoms in total. The molecule has 0 N–H and O–H groups in total. The molecular weight excluding hydrogens is 338 g/mol. The van der Waals surface area contributed by atoms with Crippen LogP contribution in [-0.2, 0) is 11.2 Å². The molecule has 2 aromatic heterocycles. The van der Waals surface area contributed by atoms with E-state index in [1.54, 1.807) is 17.7 Å². The van der Waals surface area contributed by atoms with Gasteiger partial charge in [-0.05, 0) is 24.3 Å². The molecule has 0 radical (unpaired) electrons. The quantitative estimate of drug-likeness (QED) is 0.511. The van der Waals surface area contributed by atoms with Gasteiger partial charge in [0.1, 0.15) is 16.2 Å². The molecule has 24 heavy (non-hydrogen) atoms. The first-order valence-corrected chi connectivity index (χ1v) is 10.3. The number of rotatable bonds is 8. The highest BCUT2D eigenvalue weighted by molar-refractivity contribution is 8.00. The summed E-state index contributed by atoms with van der Waals surface area (Å²) in [5, 5.41) is 2.00. The molecule has 0 atom stereocenters. The van der Waals surface area contributed by atoms with Crippen molar-refractivity contribution in [2.24, 2.45) is 11.8 Å². The van der Waals surface area contributed by atoms with Crippen LogP contribution in [-0.4, -0.2) is 39.6 Å². The van der Waals surface area contributed by atoms with Crippen LogP contribution in [0.2, 0.25) is 0 Å². The summed E-state index contributed by atoms with van der Waals surface area (Å²) in [5.41, 5.74) is 0. The molecule has 0 fully saturated rings. The molecule has 2 rings (SSSR count). The Bertz CT molecular complexity index is 672. The smallest absolute Gasteiger partial charge is 0.233 e. The Morgan fingerprint density at radius 3 is 2.46 bits per heavy atom. The number of hydrogen-bond donors (Lipinski definition) is 0. The second-order valence-electron chi connectivity index (χ2n) is 6.84. The number of amides is 1. The number of nitrogens with zero attached hydrogens (tertiary/aromatic N) is 3. The molecule has 2 heterocycles. The first kappa shape index (κ1) is 19.2. The first-order chi connectivity index (χ1) is 11.4. The first-order valence-electron chi connectivity index (χ1n) is 8.54. The van der Waals surface area contributed by atoms with Crippen molar-refractivity contribution >= 4 is 39.2 Å². The zero-order valence-corrected chi connectivity index (χ0v) is 16.8. The zero-order valence-electron chi connectivity index (χ0n) is 15.2. The Hall–Kier alpha value is -1.14. The Kier molecular flexibility index (Phi) is 7.04. The van der Waals surface area contributed by atoms with Crippen molar-refractivity contribution < 1.29 is 4.79 Å². The number of thioether (sulfide) groups is 1. The molecule has 6 heteroatoms. The lowest BCUT2D eigenvalue weighted by molar-refractivity contribution is -0.129. The minimum atomic E-state index is 0.195. The van der Waals surface area contributed by atoms with Crippen LogP contribution in [0.25, 0.3) is 10.2 Å². The van der Waals surface area contributed by atoms with Crippen LogP contribution in [0.4, 0.5) is 0 Å². The zero-order chi connectivity index (χ0) is 17.7. The maximum absolute atomic E-state index is 12.6. The largest absolute Gasteiger partial charge is 0.341 e. The van der Waals surface area contributed by atoms with Gasteiger partial charge in [-0.25, -0.2) is 9.97 Å². The Morgan fingerprint density at radius 2 is 1.88 bits per heavy atom. The SMILES string of the molecule is CCc1cc2c(SCC(=O)N(CC(C)C)CC(C)C)ncnc2s1. The number of aryl methyl sites for hydroxylation is 1. The molecule has 0 aliphatic rings. The van der Waals surface area contributed by atoms with E-state index >= 15 is 0 Å². The molecule has 0 bridgehead atoms. The number of fused-ring (bicyclic) bond motifs is 1. The van der Waals surface area contributed by atoms with Gasteiger partial charge in [-0.2, -0.15) is 0 Å². The maximum atomic E-state index is 12.6. The van der Waals surface area contributed by atoms with Crippen molar-refractivity contribution in [3.05, 3.63) is 17.3 Å². The van der Waals surface area contributed by atoms with E-state index in [0.29, 0.717) is 17.6 Å². The van der Waals surface area contributed by atoms with Crippen LogP contribution in [0.5, 0.6) is 0 Å². The standard InChI is InChI=1S/C18H27N3OS2/c1-6-14-7-15-17(19-11-20-18(15)24-14)23-10-16(22)21(8-12(2)3)9-13(4)5/h7,11-13H,6,8-10H2,1-5H3. The van der Waals surface area contributed by atoms with Gasteiger partial charge in [-0.15, -0.1) is 11.3 Å². The van der Waals surface area contributed by atoms with Crippen LogP contribution in [0.3, 0.4) is 0 Å². The van der Waals surface area contributed by atoms with Crippen LogP contribution < -0.4 is 0 Å². The summed E-state index contributed by atoms with van der Waals surface area (Å²) in [6.07, 6.45) is 2.60. The van der Waals surface area contributed by atoms with Crippen LogP contribution in [0, 0.1) is 11.8 Å². The molecule has 0 aliphatic heterocycles. The van der Waals surface area contributed by atoms with E-state index in [9.17, 15) is 4.79 Å². The van der Waals surface area contributed by atoms with Crippen molar-refractivity contribution in [1.82, 2.24) is 14.9 Å². The van der Waals surface area contributed by atoms with Gasteiger partial charge in [0.25, 0.3) is 0 Å². The van der Waals surface area contributed by atoms with Gasteiger partial charge < -0.3 is 4.90 Å². The summed E-state index contributed by atoms with van der Waals surface area (Å²) in [7, 11) is 0. The minimum absolute atomic E-state index is 0.195. The Labute approximate surface area is 153 Å². The van der Waals surface area contributed by atoms with E-state index in [1.165, 1.54) is 16.6 Å². The average Bonchev–Trinajstić information content (AvgIpc) is 2.94. The summed E-state index contributed by atoms with van der Waals surface area (Å²) in [6, 6.07) is 2.16. The molecule has 2 aromatic rings. The van der Waals surface area contributed by atoms with Crippen LogP contribution in [0.15, 0.2) is 17.4 Å². The number of hydrogen-bond acceptors (Lipinski definition) is 5. The molecule has 0 aliphatic carbocycles. The molecule has 132 valence electrons. The highest BCUT2D eigenvalue weighted by Gasteiger charge is 2.18. The fraction of sp³-hybridized carbons (Fsp3) is 0.611. The van der Waals surface area contributed by atoms with E-state index in [2.05, 4.69) is 50.7 Å². The van der Waals surface area contributed by atoms with E-state index in [4.69, 9.17) is 0 Å². The maximum Gasteiger partial charge on any atom is 0.233 e. The third kappa shape index (κ3) is 5.18. The summed E-state index contributed by atoms with van der Waals surface area (Å²) in [4.78, 5) is 25.7. The fourth-order valence-electron chi connectivity index (χ4n) is 2.55. The molecule has 1 amide bonds. The van der Waals surface area contributed by atoms with Crippen molar-refractivity contribution in [3.8, 4) is 0 Å². The Morgan fingerprint density at radius 1 is 1.21 bits per heavy atom. The predicted octanol–water partition coefficient (Wildman–Crippen LogP) is 4.49. The van der Waals surface area contributed by atoms with Crippen molar-refractivity contribution in [2.75, 3.05) is 18.8 Å². The van der Waals surface area contributed by atoms with Gasteiger partial charge in [0, 0.05) is 23.4 Å². The Balaban J connectivity index is 2.08. The molecule has 0 aromatic carbocycles. The normalized spacial score (nSPS) is 11.6. The molecule has 0 unspecified atom stereocenters. The molecular formula is C18H27N3OS2. The number of thiophene rings is 1. The van der Waals surface area contributed by atoms with E-state index < -0.39 is 0 Å². The van der Waals surface area contributed by atoms with Crippen molar-refractivity contribution in [3.63, 3.8) is 0 Å². The topological polar surface area (TPSA) is 46.1 Å². The summed E-state index contributed by atoms with van der Waals surface area (Å²) < 4.78 is 0. The van der Waals surface area contributed by atoms with Gasteiger partial charge in [0.05, 0.1) is 5.75 Å². The van der Waals surface area contributed by atoms with E-state index in [1.807, 2.05) is 4.90 Å². The number of carbonyl (C=O) groups excluding carboxylic acids is 1. The monoisotopic (exact) mass is 365 g/mol. The average molecular weight is 366 g/mol.